The van der Waals surface area contributed by atoms with Crippen molar-refractivity contribution in [3.05, 3.63) is 30.0 Å². The molecule has 26 heavy (non-hydrogen) atoms. The third-order valence-electron chi connectivity index (χ3n) is 4.41. The Bertz CT molecular complexity index is 890. The Hall–Kier alpha value is -2.17. The number of aryl methyl sites for hydroxylation is 1. The molecule has 9 nitrogen and oxygen atoms in total. The van der Waals surface area contributed by atoms with Crippen LogP contribution >= 0.6 is 0 Å². The van der Waals surface area contributed by atoms with E-state index >= 15 is 0 Å². The van der Waals surface area contributed by atoms with E-state index in [1.807, 2.05) is 0 Å². The largest absolute Gasteiger partial charge is 0.486 e. The topological polar surface area (TPSA) is 98.0 Å². The van der Waals surface area contributed by atoms with Crippen LogP contribution < -0.4 is 9.47 Å². The van der Waals surface area contributed by atoms with Crippen LogP contribution in [-0.4, -0.2) is 67.2 Å². The molecular weight excluding hydrogens is 360 g/mol. The van der Waals surface area contributed by atoms with E-state index in [1.165, 1.54) is 10.4 Å². The quantitative estimate of drug-likeness (QED) is 0.763. The van der Waals surface area contributed by atoms with Gasteiger partial charge in [0.1, 0.15) is 13.2 Å². The van der Waals surface area contributed by atoms with Crippen molar-refractivity contribution in [1.29, 1.82) is 0 Å². The highest BCUT2D eigenvalue weighted by atomic mass is 32.2. The lowest BCUT2D eigenvalue weighted by molar-refractivity contribution is 0.167. The molecule has 1 saturated heterocycles. The Morgan fingerprint density at radius 1 is 1.04 bits per heavy atom. The monoisotopic (exact) mass is 380 g/mol. The summed E-state index contributed by atoms with van der Waals surface area (Å²) in [6, 6.07) is 4.75. The van der Waals surface area contributed by atoms with Gasteiger partial charge in [0.25, 0.3) is 0 Å². The van der Waals surface area contributed by atoms with E-state index in [0.29, 0.717) is 69.2 Å². The number of sulfonamides is 1. The van der Waals surface area contributed by atoms with Gasteiger partial charge in [-0.15, -0.1) is 10.2 Å². The molecule has 0 amide bonds. The maximum Gasteiger partial charge on any atom is 0.243 e. The predicted octanol–water partition coefficient (Wildman–Crippen LogP) is 0.656. The molecule has 1 aromatic heterocycles. The zero-order valence-corrected chi connectivity index (χ0v) is 15.2. The van der Waals surface area contributed by atoms with Crippen LogP contribution in [0.5, 0.6) is 11.5 Å². The van der Waals surface area contributed by atoms with E-state index in [1.54, 1.807) is 19.1 Å². The number of hydrogen-bond donors (Lipinski definition) is 0. The Labute approximate surface area is 151 Å². The summed E-state index contributed by atoms with van der Waals surface area (Å²) in [6.45, 7) is 5.18. The van der Waals surface area contributed by atoms with E-state index in [4.69, 9.17) is 13.9 Å². The summed E-state index contributed by atoms with van der Waals surface area (Å²) in [5.41, 5.74) is 0. The van der Waals surface area contributed by atoms with Crippen LogP contribution in [0.1, 0.15) is 11.8 Å². The van der Waals surface area contributed by atoms with Crippen LogP contribution in [0, 0.1) is 6.92 Å². The third kappa shape index (κ3) is 3.39. The molecule has 0 atom stereocenters. The zero-order valence-electron chi connectivity index (χ0n) is 14.4. The fourth-order valence-electron chi connectivity index (χ4n) is 3.05. The molecule has 10 heteroatoms. The molecule has 0 unspecified atom stereocenters. The average Bonchev–Trinajstić information content (AvgIpc) is 3.06. The summed E-state index contributed by atoms with van der Waals surface area (Å²) in [5, 5.41) is 7.79. The first-order valence-electron chi connectivity index (χ1n) is 8.43. The average molecular weight is 380 g/mol. The summed E-state index contributed by atoms with van der Waals surface area (Å²) in [5.74, 6) is 2.13. The van der Waals surface area contributed by atoms with Gasteiger partial charge in [-0.1, -0.05) is 0 Å². The maximum atomic E-state index is 12.9. The molecule has 0 aliphatic carbocycles. The van der Waals surface area contributed by atoms with Crippen molar-refractivity contribution < 1.29 is 22.3 Å². The van der Waals surface area contributed by atoms with Crippen molar-refractivity contribution in [1.82, 2.24) is 19.4 Å². The lowest BCUT2D eigenvalue weighted by Crippen LogP contribution is -2.48. The second-order valence-corrected chi connectivity index (χ2v) is 8.14. The number of benzene rings is 1. The van der Waals surface area contributed by atoms with Crippen LogP contribution in [0.2, 0.25) is 0 Å². The maximum absolute atomic E-state index is 12.9. The molecule has 1 fully saturated rings. The van der Waals surface area contributed by atoms with Crippen LogP contribution in [-0.2, 0) is 16.6 Å². The van der Waals surface area contributed by atoms with Crippen molar-refractivity contribution in [3.63, 3.8) is 0 Å². The summed E-state index contributed by atoms with van der Waals surface area (Å²) < 4.78 is 43.6. The van der Waals surface area contributed by atoms with Gasteiger partial charge in [0.05, 0.1) is 11.4 Å². The predicted molar refractivity (Wildman–Crippen MR) is 90.5 cm³/mol. The minimum atomic E-state index is -3.57. The van der Waals surface area contributed by atoms with Gasteiger partial charge in [-0.2, -0.15) is 4.31 Å². The number of aromatic nitrogens is 2. The first-order valence-corrected chi connectivity index (χ1v) is 9.87. The summed E-state index contributed by atoms with van der Waals surface area (Å²) in [7, 11) is -3.57. The van der Waals surface area contributed by atoms with Gasteiger partial charge in [0.2, 0.25) is 21.8 Å². The molecule has 4 rings (SSSR count). The molecular formula is C16H20N4O5S. The van der Waals surface area contributed by atoms with Crippen molar-refractivity contribution >= 4 is 10.0 Å². The molecule has 3 heterocycles. The SMILES string of the molecule is Cc1nnc(CN2CCN(S(=O)(=O)c3ccc4c(c3)OCCO4)CC2)o1. The second-order valence-electron chi connectivity index (χ2n) is 6.20. The lowest BCUT2D eigenvalue weighted by atomic mass is 10.3. The number of rotatable bonds is 4. The smallest absolute Gasteiger partial charge is 0.243 e. The molecule has 0 bridgehead atoms. The molecule has 0 N–H and O–H groups in total. The molecule has 2 aliphatic heterocycles. The van der Waals surface area contributed by atoms with Crippen LogP contribution in [0.15, 0.2) is 27.5 Å². The molecule has 2 aromatic rings. The zero-order chi connectivity index (χ0) is 18.1. The number of fused-ring (bicyclic) bond motifs is 1. The summed E-state index contributed by atoms with van der Waals surface area (Å²) >= 11 is 0. The van der Waals surface area contributed by atoms with Crippen molar-refractivity contribution in [2.24, 2.45) is 0 Å². The van der Waals surface area contributed by atoms with Gasteiger partial charge >= 0.3 is 0 Å². The van der Waals surface area contributed by atoms with Crippen LogP contribution in [0.3, 0.4) is 0 Å². The van der Waals surface area contributed by atoms with Gasteiger partial charge in [0.15, 0.2) is 11.5 Å². The van der Waals surface area contributed by atoms with Gasteiger partial charge in [0, 0.05) is 39.2 Å². The van der Waals surface area contributed by atoms with E-state index in [9.17, 15) is 8.42 Å². The Kier molecular flexibility index (Phi) is 4.55. The second kappa shape index (κ2) is 6.86. The number of piperazine rings is 1. The van der Waals surface area contributed by atoms with Gasteiger partial charge in [-0.05, 0) is 12.1 Å². The number of nitrogens with zero attached hydrogens (tertiary/aromatic N) is 4. The summed E-state index contributed by atoms with van der Waals surface area (Å²) in [4.78, 5) is 2.32. The highest BCUT2D eigenvalue weighted by Gasteiger charge is 2.30. The van der Waals surface area contributed by atoms with Crippen molar-refractivity contribution in [2.75, 3.05) is 39.4 Å². The minimum absolute atomic E-state index is 0.225. The first-order chi connectivity index (χ1) is 12.5. The van der Waals surface area contributed by atoms with Crippen molar-refractivity contribution in [3.8, 4) is 11.5 Å². The normalized spacial score (nSPS) is 18.8. The number of hydrogen-bond acceptors (Lipinski definition) is 8. The Morgan fingerprint density at radius 2 is 1.77 bits per heavy atom. The molecule has 0 radical (unpaired) electrons. The Morgan fingerprint density at radius 3 is 2.46 bits per heavy atom. The lowest BCUT2D eigenvalue weighted by Gasteiger charge is -2.33. The van der Waals surface area contributed by atoms with E-state index in [2.05, 4.69) is 15.1 Å². The molecule has 2 aliphatic rings. The highest BCUT2D eigenvalue weighted by molar-refractivity contribution is 7.89. The first kappa shape index (κ1) is 17.3. The fourth-order valence-corrected chi connectivity index (χ4v) is 4.49. The highest BCUT2D eigenvalue weighted by Crippen LogP contribution is 2.33. The molecule has 0 saturated carbocycles. The van der Waals surface area contributed by atoms with Crippen molar-refractivity contribution in [2.45, 2.75) is 18.4 Å². The molecule has 0 spiro atoms. The summed E-state index contributed by atoms with van der Waals surface area (Å²) in [6.07, 6.45) is 0. The molecule has 140 valence electrons. The third-order valence-corrected chi connectivity index (χ3v) is 6.30. The minimum Gasteiger partial charge on any atom is -0.486 e. The van der Waals surface area contributed by atoms with Crippen LogP contribution in [0.4, 0.5) is 0 Å². The van der Waals surface area contributed by atoms with E-state index in [-0.39, 0.29) is 4.90 Å². The fraction of sp³-hybridized carbons (Fsp3) is 0.500. The number of ether oxygens (including phenoxy) is 2. The van der Waals surface area contributed by atoms with E-state index < -0.39 is 10.0 Å². The van der Waals surface area contributed by atoms with Crippen LogP contribution in [0.25, 0.3) is 0 Å². The standard InChI is InChI=1S/C16H20N4O5S/c1-12-17-18-16(25-12)11-19-4-6-20(7-5-19)26(21,22)13-2-3-14-15(10-13)24-9-8-23-14/h2-3,10H,4-9,11H2,1H3. The Balaban J connectivity index is 1.43. The van der Waals surface area contributed by atoms with Gasteiger partial charge in [-0.25, -0.2) is 8.42 Å². The van der Waals surface area contributed by atoms with E-state index in [0.717, 1.165) is 0 Å². The van der Waals surface area contributed by atoms with Gasteiger partial charge in [-0.3, -0.25) is 4.90 Å². The van der Waals surface area contributed by atoms with Gasteiger partial charge < -0.3 is 13.9 Å². The molecule has 1 aromatic carbocycles.